The molecule has 0 aliphatic heterocycles. The number of hydrogen-bond acceptors (Lipinski definition) is 2. The van der Waals surface area contributed by atoms with Crippen molar-refractivity contribution < 1.29 is 9.47 Å². The fourth-order valence-electron chi connectivity index (χ4n) is 2.79. The Morgan fingerprint density at radius 3 is 2.44 bits per heavy atom. The van der Waals surface area contributed by atoms with E-state index in [2.05, 4.69) is 20.8 Å². The molecule has 0 aromatic carbocycles. The van der Waals surface area contributed by atoms with Crippen LogP contribution in [0.15, 0.2) is 0 Å². The van der Waals surface area contributed by atoms with Crippen molar-refractivity contribution in [2.75, 3.05) is 6.61 Å². The van der Waals surface area contributed by atoms with Crippen LogP contribution in [0.1, 0.15) is 53.9 Å². The first kappa shape index (κ1) is 14.0. The largest absolute Gasteiger partial charge is 0.353 e. The summed E-state index contributed by atoms with van der Waals surface area (Å²) < 4.78 is 11.5. The molecule has 2 nitrogen and oxygen atoms in total. The molecule has 0 amide bonds. The van der Waals surface area contributed by atoms with Gasteiger partial charge in [0.1, 0.15) is 0 Å². The molecular weight excluding hydrogens is 200 g/mol. The van der Waals surface area contributed by atoms with E-state index in [0.29, 0.717) is 17.9 Å². The lowest BCUT2D eigenvalue weighted by molar-refractivity contribution is -0.184. The van der Waals surface area contributed by atoms with E-state index in [4.69, 9.17) is 9.47 Å². The SMILES string of the molecule is CCOC(C)O[C@@H]1C[C@H](C)CC[C@H]1C(C)C. The van der Waals surface area contributed by atoms with Crippen LogP contribution in [0.2, 0.25) is 0 Å². The molecule has 0 spiro atoms. The van der Waals surface area contributed by atoms with Gasteiger partial charge < -0.3 is 9.47 Å². The third kappa shape index (κ3) is 4.06. The predicted molar refractivity (Wildman–Crippen MR) is 67.3 cm³/mol. The van der Waals surface area contributed by atoms with E-state index >= 15 is 0 Å². The summed E-state index contributed by atoms with van der Waals surface area (Å²) in [6, 6.07) is 0. The van der Waals surface area contributed by atoms with Gasteiger partial charge in [-0.05, 0) is 44.4 Å². The van der Waals surface area contributed by atoms with E-state index in [-0.39, 0.29) is 6.29 Å². The maximum Gasteiger partial charge on any atom is 0.155 e. The van der Waals surface area contributed by atoms with Crippen molar-refractivity contribution in [1.82, 2.24) is 0 Å². The van der Waals surface area contributed by atoms with Crippen molar-refractivity contribution in [1.29, 1.82) is 0 Å². The molecule has 1 fully saturated rings. The Bertz CT molecular complexity index is 191. The van der Waals surface area contributed by atoms with E-state index in [1.165, 1.54) is 19.3 Å². The maximum atomic E-state index is 6.05. The topological polar surface area (TPSA) is 18.5 Å². The van der Waals surface area contributed by atoms with Gasteiger partial charge >= 0.3 is 0 Å². The summed E-state index contributed by atoms with van der Waals surface area (Å²) in [7, 11) is 0. The molecule has 96 valence electrons. The van der Waals surface area contributed by atoms with Gasteiger partial charge in [-0.15, -0.1) is 0 Å². The number of ether oxygens (including phenoxy) is 2. The first-order valence-electron chi connectivity index (χ1n) is 6.81. The van der Waals surface area contributed by atoms with Crippen LogP contribution in [0.25, 0.3) is 0 Å². The van der Waals surface area contributed by atoms with E-state index in [1.807, 2.05) is 13.8 Å². The molecule has 0 saturated heterocycles. The van der Waals surface area contributed by atoms with Crippen LogP contribution in [-0.2, 0) is 9.47 Å². The monoisotopic (exact) mass is 228 g/mol. The van der Waals surface area contributed by atoms with Crippen molar-refractivity contribution in [2.24, 2.45) is 17.8 Å². The van der Waals surface area contributed by atoms with Gasteiger partial charge in [0.15, 0.2) is 6.29 Å². The predicted octanol–water partition coefficient (Wildman–Crippen LogP) is 3.85. The average Bonchev–Trinajstić information content (AvgIpc) is 2.17. The molecule has 1 rings (SSSR count). The number of hydrogen-bond donors (Lipinski definition) is 0. The van der Waals surface area contributed by atoms with E-state index in [9.17, 15) is 0 Å². The normalized spacial score (nSPS) is 33.0. The van der Waals surface area contributed by atoms with Crippen LogP contribution in [0, 0.1) is 17.8 Å². The van der Waals surface area contributed by atoms with Gasteiger partial charge in [0, 0.05) is 6.61 Å². The third-order valence-electron chi connectivity index (χ3n) is 3.73. The summed E-state index contributed by atoms with van der Waals surface area (Å²) in [6.07, 6.45) is 4.20. The van der Waals surface area contributed by atoms with Crippen molar-refractivity contribution in [3.8, 4) is 0 Å². The second kappa shape index (κ2) is 6.61. The van der Waals surface area contributed by atoms with Crippen LogP contribution < -0.4 is 0 Å². The van der Waals surface area contributed by atoms with Crippen LogP contribution in [-0.4, -0.2) is 19.0 Å². The maximum absolute atomic E-state index is 6.05. The summed E-state index contributed by atoms with van der Waals surface area (Å²) in [4.78, 5) is 0. The quantitative estimate of drug-likeness (QED) is 0.665. The summed E-state index contributed by atoms with van der Waals surface area (Å²) in [5, 5.41) is 0. The Hall–Kier alpha value is -0.0800. The molecule has 0 radical (unpaired) electrons. The van der Waals surface area contributed by atoms with Crippen LogP contribution in [0.4, 0.5) is 0 Å². The highest BCUT2D eigenvalue weighted by Gasteiger charge is 2.32. The first-order valence-corrected chi connectivity index (χ1v) is 6.81. The molecule has 4 atom stereocenters. The lowest BCUT2D eigenvalue weighted by Crippen LogP contribution is -2.37. The highest BCUT2D eigenvalue weighted by atomic mass is 16.7. The second-order valence-corrected chi connectivity index (χ2v) is 5.52. The summed E-state index contributed by atoms with van der Waals surface area (Å²) in [6.45, 7) is 11.7. The summed E-state index contributed by atoms with van der Waals surface area (Å²) >= 11 is 0. The van der Waals surface area contributed by atoms with Gasteiger partial charge in [-0.2, -0.15) is 0 Å². The molecule has 0 heterocycles. The van der Waals surface area contributed by atoms with E-state index in [1.54, 1.807) is 0 Å². The smallest absolute Gasteiger partial charge is 0.155 e. The number of rotatable bonds is 5. The zero-order valence-corrected chi connectivity index (χ0v) is 11.5. The Balaban J connectivity index is 2.50. The van der Waals surface area contributed by atoms with Crippen molar-refractivity contribution in [3.05, 3.63) is 0 Å². The van der Waals surface area contributed by atoms with Crippen LogP contribution in [0.5, 0.6) is 0 Å². The lowest BCUT2D eigenvalue weighted by atomic mass is 9.75. The van der Waals surface area contributed by atoms with Gasteiger partial charge in [0.2, 0.25) is 0 Å². The minimum atomic E-state index is -0.0541. The highest BCUT2D eigenvalue weighted by Crippen LogP contribution is 2.35. The Morgan fingerprint density at radius 2 is 1.88 bits per heavy atom. The molecule has 16 heavy (non-hydrogen) atoms. The summed E-state index contributed by atoms with van der Waals surface area (Å²) in [5.74, 6) is 2.22. The van der Waals surface area contributed by atoms with Crippen LogP contribution >= 0.6 is 0 Å². The van der Waals surface area contributed by atoms with Crippen molar-refractivity contribution >= 4 is 0 Å². The first-order chi connectivity index (χ1) is 7.54. The Morgan fingerprint density at radius 1 is 1.19 bits per heavy atom. The van der Waals surface area contributed by atoms with E-state index in [0.717, 1.165) is 12.5 Å². The highest BCUT2D eigenvalue weighted by molar-refractivity contribution is 4.81. The molecule has 0 bridgehead atoms. The second-order valence-electron chi connectivity index (χ2n) is 5.52. The zero-order chi connectivity index (χ0) is 12.1. The van der Waals surface area contributed by atoms with Gasteiger partial charge in [-0.25, -0.2) is 0 Å². The summed E-state index contributed by atoms with van der Waals surface area (Å²) in [5.41, 5.74) is 0. The fourth-order valence-corrected chi connectivity index (χ4v) is 2.79. The van der Waals surface area contributed by atoms with E-state index < -0.39 is 0 Å². The lowest BCUT2D eigenvalue weighted by Gasteiger charge is -2.38. The molecular formula is C14H28O2. The molecule has 0 N–H and O–H groups in total. The molecule has 1 aliphatic carbocycles. The Labute approximate surface area is 101 Å². The molecule has 1 aliphatic rings. The van der Waals surface area contributed by atoms with Crippen molar-refractivity contribution in [2.45, 2.75) is 66.3 Å². The Kier molecular flexibility index (Phi) is 5.77. The third-order valence-corrected chi connectivity index (χ3v) is 3.73. The minimum absolute atomic E-state index is 0.0541. The fraction of sp³-hybridized carbons (Fsp3) is 1.00. The average molecular weight is 228 g/mol. The van der Waals surface area contributed by atoms with Gasteiger partial charge in [0.05, 0.1) is 6.10 Å². The molecule has 1 saturated carbocycles. The molecule has 2 heteroatoms. The van der Waals surface area contributed by atoms with Crippen molar-refractivity contribution in [3.63, 3.8) is 0 Å². The van der Waals surface area contributed by atoms with Gasteiger partial charge in [-0.3, -0.25) is 0 Å². The van der Waals surface area contributed by atoms with Gasteiger partial charge in [0.25, 0.3) is 0 Å². The van der Waals surface area contributed by atoms with Gasteiger partial charge in [-0.1, -0.05) is 27.2 Å². The molecule has 1 unspecified atom stereocenters. The standard InChI is InChI=1S/C14H28O2/c1-6-15-12(5)16-14-9-11(4)7-8-13(14)10(2)3/h10-14H,6-9H2,1-5H3/t11-,12?,13+,14-/m1/s1. The zero-order valence-electron chi connectivity index (χ0n) is 11.5. The van der Waals surface area contributed by atoms with Crippen LogP contribution in [0.3, 0.4) is 0 Å². The molecule has 0 aromatic heterocycles. The minimum Gasteiger partial charge on any atom is -0.353 e. The molecule has 0 aromatic rings.